The summed E-state index contributed by atoms with van der Waals surface area (Å²) in [5, 5.41) is 20.2. The Morgan fingerprint density at radius 3 is 2.53 bits per heavy atom. The van der Waals surface area contributed by atoms with Gasteiger partial charge in [-0.05, 0) is 31.7 Å². The van der Waals surface area contributed by atoms with Gasteiger partial charge in [0.25, 0.3) is 0 Å². The molecule has 0 saturated carbocycles. The highest BCUT2D eigenvalue weighted by Crippen LogP contribution is 2.19. The number of Topliss-reactive ketones (excluding diaryl/α,β-unsaturated/α-hetero) is 1. The molecule has 2 N–H and O–H groups in total. The summed E-state index contributed by atoms with van der Waals surface area (Å²) in [6.07, 6.45) is 2.00. The van der Waals surface area contributed by atoms with Crippen LogP contribution in [0.15, 0.2) is 30.3 Å². The maximum atomic E-state index is 11.9. The lowest BCUT2D eigenvalue weighted by Gasteiger charge is -2.27. The largest absolute Gasteiger partial charge is 0.390 e. The monoisotopic (exact) mass is 264 g/mol. The number of hydrogen-bond donors (Lipinski definition) is 2. The van der Waals surface area contributed by atoms with Crippen molar-refractivity contribution in [2.24, 2.45) is 0 Å². The first kappa shape index (κ1) is 15.9. The summed E-state index contributed by atoms with van der Waals surface area (Å²) in [6, 6.07) is 9.75. The van der Waals surface area contributed by atoms with Gasteiger partial charge in [0, 0.05) is 6.42 Å². The van der Waals surface area contributed by atoms with Crippen LogP contribution in [0.3, 0.4) is 0 Å². The molecule has 2 atom stereocenters. The Kier molecular flexibility index (Phi) is 6.19. The number of benzene rings is 1. The van der Waals surface area contributed by atoms with Crippen LogP contribution < -0.4 is 0 Å². The third kappa shape index (κ3) is 4.77. The average molecular weight is 264 g/mol. The van der Waals surface area contributed by atoms with Gasteiger partial charge in [0.1, 0.15) is 5.60 Å². The van der Waals surface area contributed by atoms with Crippen LogP contribution in [0, 0.1) is 0 Å². The Morgan fingerprint density at radius 2 is 1.95 bits per heavy atom. The van der Waals surface area contributed by atoms with Crippen LogP contribution in [0.5, 0.6) is 0 Å². The summed E-state index contributed by atoms with van der Waals surface area (Å²) in [6.45, 7) is 3.41. The van der Waals surface area contributed by atoms with Crippen molar-refractivity contribution in [1.82, 2.24) is 0 Å². The number of ketones is 1. The molecule has 0 unspecified atom stereocenters. The highest BCUT2D eigenvalue weighted by molar-refractivity contribution is 5.87. The Balaban J connectivity index is 2.51. The van der Waals surface area contributed by atoms with Crippen molar-refractivity contribution in [3.05, 3.63) is 35.9 Å². The average Bonchev–Trinajstić information content (AvgIpc) is 2.42. The molecule has 19 heavy (non-hydrogen) atoms. The van der Waals surface area contributed by atoms with Crippen molar-refractivity contribution >= 4 is 5.78 Å². The second-order valence-corrected chi connectivity index (χ2v) is 5.21. The van der Waals surface area contributed by atoms with Gasteiger partial charge in [0.2, 0.25) is 0 Å². The molecule has 106 valence electrons. The smallest absolute Gasteiger partial charge is 0.166 e. The number of aliphatic hydroxyl groups excluding tert-OH is 1. The van der Waals surface area contributed by atoms with Gasteiger partial charge in [-0.1, -0.05) is 43.7 Å². The summed E-state index contributed by atoms with van der Waals surface area (Å²) in [5.41, 5.74) is -0.539. The van der Waals surface area contributed by atoms with Crippen molar-refractivity contribution in [3.63, 3.8) is 0 Å². The molecule has 0 aliphatic heterocycles. The molecule has 0 aliphatic rings. The van der Waals surface area contributed by atoms with Crippen LogP contribution in [0.2, 0.25) is 0 Å². The van der Waals surface area contributed by atoms with Crippen molar-refractivity contribution < 1.29 is 15.0 Å². The summed E-state index contributed by atoms with van der Waals surface area (Å²) in [4.78, 5) is 11.9. The molecule has 1 aromatic carbocycles. The van der Waals surface area contributed by atoms with E-state index < -0.39 is 11.7 Å². The van der Waals surface area contributed by atoms with Crippen LogP contribution in [0.25, 0.3) is 0 Å². The van der Waals surface area contributed by atoms with Crippen molar-refractivity contribution in [1.29, 1.82) is 0 Å². The van der Waals surface area contributed by atoms with E-state index in [4.69, 9.17) is 0 Å². The fourth-order valence-electron chi connectivity index (χ4n) is 2.01. The van der Waals surface area contributed by atoms with E-state index in [0.717, 1.165) is 18.4 Å². The van der Waals surface area contributed by atoms with E-state index in [0.29, 0.717) is 19.3 Å². The lowest BCUT2D eigenvalue weighted by atomic mass is 9.87. The lowest BCUT2D eigenvalue weighted by molar-refractivity contribution is -0.148. The zero-order valence-electron chi connectivity index (χ0n) is 11.8. The van der Waals surface area contributed by atoms with Crippen LogP contribution in [0.1, 0.15) is 45.1 Å². The molecule has 0 heterocycles. The fraction of sp³-hybridized carbons (Fsp3) is 0.562. The van der Waals surface area contributed by atoms with Gasteiger partial charge in [0.05, 0.1) is 6.10 Å². The molecule has 3 heteroatoms. The molecule has 0 amide bonds. The van der Waals surface area contributed by atoms with E-state index in [2.05, 4.69) is 0 Å². The van der Waals surface area contributed by atoms with E-state index in [9.17, 15) is 15.0 Å². The Bertz CT molecular complexity index is 384. The van der Waals surface area contributed by atoms with Crippen molar-refractivity contribution in [3.8, 4) is 0 Å². The highest BCUT2D eigenvalue weighted by Gasteiger charge is 2.36. The minimum atomic E-state index is -1.63. The van der Waals surface area contributed by atoms with Crippen LogP contribution in [-0.4, -0.2) is 27.7 Å². The molecular formula is C16H24O3. The van der Waals surface area contributed by atoms with Gasteiger partial charge in [-0.3, -0.25) is 4.79 Å². The number of carbonyl (C=O) groups is 1. The number of hydrogen-bond acceptors (Lipinski definition) is 3. The minimum Gasteiger partial charge on any atom is -0.390 e. The first-order valence-corrected chi connectivity index (χ1v) is 6.96. The fourth-order valence-corrected chi connectivity index (χ4v) is 2.01. The molecule has 3 nitrogen and oxygen atoms in total. The van der Waals surface area contributed by atoms with Crippen LogP contribution in [0.4, 0.5) is 0 Å². The van der Waals surface area contributed by atoms with Gasteiger partial charge in [-0.25, -0.2) is 0 Å². The van der Waals surface area contributed by atoms with E-state index in [-0.39, 0.29) is 5.78 Å². The second-order valence-electron chi connectivity index (χ2n) is 5.21. The van der Waals surface area contributed by atoms with E-state index in [1.54, 1.807) is 0 Å². The number of aryl methyl sites for hydroxylation is 1. The zero-order valence-corrected chi connectivity index (χ0v) is 11.8. The van der Waals surface area contributed by atoms with Crippen molar-refractivity contribution in [2.75, 3.05) is 0 Å². The molecule has 0 radical (unpaired) electrons. The van der Waals surface area contributed by atoms with Gasteiger partial charge in [-0.15, -0.1) is 0 Å². The summed E-state index contributed by atoms with van der Waals surface area (Å²) < 4.78 is 0. The molecular weight excluding hydrogens is 240 g/mol. The molecule has 0 aromatic heterocycles. The predicted molar refractivity (Wildman–Crippen MR) is 75.9 cm³/mol. The molecule has 1 aromatic rings. The molecule has 0 fully saturated rings. The molecule has 0 bridgehead atoms. The molecule has 1 rings (SSSR count). The third-order valence-corrected chi connectivity index (χ3v) is 3.52. The maximum Gasteiger partial charge on any atom is 0.166 e. The maximum absolute atomic E-state index is 11.9. The Hall–Kier alpha value is -1.19. The van der Waals surface area contributed by atoms with E-state index in [1.165, 1.54) is 6.92 Å². The van der Waals surface area contributed by atoms with Crippen molar-refractivity contribution in [2.45, 2.75) is 57.7 Å². The first-order chi connectivity index (χ1) is 8.98. The molecule has 0 aliphatic carbocycles. The van der Waals surface area contributed by atoms with E-state index >= 15 is 0 Å². The van der Waals surface area contributed by atoms with Gasteiger partial charge in [0.15, 0.2) is 5.78 Å². The standard InChI is InChI=1S/C16H24O3/c1-3-4-10-14(17)16(2,19)15(18)12-11-13-8-6-5-7-9-13/h5-9,15,18-19H,3-4,10-12H2,1-2H3/t15-,16+/m1/s1. The normalized spacial score (nSPS) is 15.8. The van der Waals surface area contributed by atoms with Crippen LogP contribution >= 0.6 is 0 Å². The SMILES string of the molecule is CCCCC(=O)[C@](C)(O)[C@H](O)CCc1ccccc1. The van der Waals surface area contributed by atoms with Gasteiger partial charge < -0.3 is 10.2 Å². The zero-order chi connectivity index (χ0) is 14.3. The second kappa shape index (κ2) is 7.41. The molecule has 0 spiro atoms. The topological polar surface area (TPSA) is 57.5 Å². The summed E-state index contributed by atoms with van der Waals surface area (Å²) >= 11 is 0. The Labute approximate surface area is 115 Å². The number of aliphatic hydroxyl groups is 2. The number of unbranched alkanes of at least 4 members (excludes halogenated alkanes) is 1. The lowest BCUT2D eigenvalue weighted by Crippen LogP contribution is -2.47. The summed E-state index contributed by atoms with van der Waals surface area (Å²) in [7, 11) is 0. The third-order valence-electron chi connectivity index (χ3n) is 3.52. The minimum absolute atomic E-state index is 0.269. The van der Waals surface area contributed by atoms with Gasteiger partial charge >= 0.3 is 0 Å². The quantitative estimate of drug-likeness (QED) is 0.758. The summed E-state index contributed by atoms with van der Waals surface area (Å²) in [5.74, 6) is -0.269. The Morgan fingerprint density at radius 1 is 1.32 bits per heavy atom. The molecule has 0 saturated heterocycles. The number of carbonyl (C=O) groups excluding carboxylic acids is 1. The first-order valence-electron chi connectivity index (χ1n) is 6.96. The number of rotatable bonds is 8. The predicted octanol–water partition coefficient (Wildman–Crippen LogP) is 2.49. The van der Waals surface area contributed by atoms with Crippen LogP contribution in [-0.2, 0) is 11.2 Å². The van der Waals surface area contributed by atoms with E-state index in [1.807, 2.05) is 37.3 Å². The highest BCUT2D eigenvalue weighted by atomic mass is 16.3. The van der Waals surface area contributed by atoms with Gasteiger partial charge in [-0.2, -0.15) is 0 Å².